The summed E-state index contributed by atoms with van der Waals surface area (Å²) in [5.74, 6) is -0.592. The normalized spacial score (nSPS) is 15.7. The van der Waals surface area contributed by atoms with E-state index < -0.39 is 34.5 Å². The van der Waals surface area contributed by atoms with Crippen molar-refractivity contribution in [1.29, 1.82) is 0 Å². The first kappa shape index (κ1) is 17.8. The van der Waals surface area contributed by atoms with Crippen molar-refractivity contribution in [2.24, 2.45) is 0 Å². The Balaban J connectivity index is 2.11. The minimum atomic E-state index is -2.50. The maximum absolute atomic E-state index is 12.0. The summed E-state index contributed by atoms with van der Waals surface area (Å²) in [6, 6.07) is 8.04. The van der Waals surface area contributed by atoms with Gasteiger partial charge in [0.25, 0.3) is 5.91 Å². The molecule has 10 nitrogen and oxygen atoms in total. The van der Waals surface area contributed by atoms with Crippen LogP contribution in [0, 0.1) is 20.2 Å². The van der Waals surface area contributed by atoms with Crippen molar-refractivity contribution in [1.82, 2.24) is 10.2 Å². The molecule has 130 valence electrons. The van der Waals surface area contributed by atoms with Gasteiger partial charge in [-0.25, -0.2) is 0 Å². The molecular formula is C14H18N4O6. The summed E-state index contributed by atoms with van der Waals surface area (Å²) in [5.41, 5.74) is -2.22. The number of rotatable bonds is 7. The van der Waals surface area contributed by atoms with Crippen LogP contribution in [0.2, 0.25) is 0 Å². The van der Waals surface area contributed by atoms with Crippen LogP contribution in [0.25, 0.3) is 0 Å². The van der Waals surface area contributed by atoms with Gasteiger partial charge in [-0.1, -0.05) is 18.2 Å². The molecule has 1 aromatic carbocycles. The van der Waals surface area contributed by atoms with Gasteiger partial charge in [0.15, 0.2) is 6.54 Å². The van der Waals surface area contributed by atoms with Crippen molar-refractivity contribution in [2.75, 3.05) is 39.4 Å². The number of carbonyl (C=O) groups excluding carboxylic acids is 1. The van der Waals surface area contributed by atoms with Crippen molar-refractivity contribution in [3.8, 4) is 0 Å². The van der Waals surface area contributed by atoms with Gasteiger partial charge in [-0.3, -0.25) is 29.9 Å². The van der Waals surface area contributed by atoms with Gasteiger partial charge in [-0.15, -0.1) is 0 Å². The van der Waals surface area contributed by atoms with Gasteiger partial charge in [0, 0.05) is 18.7 Å². The molecule has 0 bridgehead atoms. The van der Waals surface area contributed by atoms with E-state index >= 15 is 0 Å². The number of hydrogen-bond donors (Lipinski definition) is 1. The van der Waals surface area contributed by atoms with Gasteiger partial charge in [-0.2, -0.15) is 0 Å². The fourth-order valence-electron chi connectivity index (χ4n) is 2.40. The van der Waals surface area contributed by atoms with E-state index in [4.69, 9.17) is 4.74 Å². The van der Waals surface area contributed by atoms with E-state index in [0.29, 0.717) is 26.3 Å². The quantitative estimate of drug-likeness (QED) is 0.421. The van der Waals surface area contributed by atoms with Gasteiger partial charge in [-0.05, 0) is 12.1 Å². The molecule has 1 N–H and O–H groups in total. The van der Waals surface area contributed by atoms with E-state index in [0.717, 1.165) is 0 Å². The molecule has 0 unspecified atom stereocenters. The minimum absolute atomic E-state index is 0.282. The molecule has 1 heterocycles. The summed E-state index contributed by atoms with van der Waals surface area (Å²) >= 11 is 0. The van der Waals surface area contributed by atoms with Crippen molar-refractivity contribution < 1.29 is 19.4 Å². The Bertz CT molecular complexity index is 589. The number of carbonyl (C=O) groups is 1. The fourth-order valence-corrected chi connectivity index (χ4v) is 2.40. The fraction of sp³-hybridized carbons (Fsp3) is 0.500. The molecule has 1 fully saturated rings. The van der Waals surface area contributed by atoms with Crippen LogP contribution in [-0.2, 0) is 4.74 Å². The Kier molecular flexibility index (Phi) is 5.77. The molecule has 1 saturated heterocycles. The molecule has 0 atom stereocenters. The van der Waals surface area contributed by atoms with Crippen LogP contribution in [0.1, 0.15) is 10.4 Å². The van der Waals surface area contributed by atoms with Gasteiger partial charge in [0.1, 0.15) is 16.4 Å². The van der Waals surface area contributed by atoms with E-state index in [1.165, 1.54) is 12.1 Å². The first-order valence-corrected chi connectivity index (χ1v) is 7.38. The molecular weight excluding hydrogens is 320 g/mol. The minimum Gasteiger partial charge on any atom is -0.379 e. The Morgan fingerprint density at radius 1 is 1.17 bits per heavy atom. The third kappa shape index (κ3) is 4.03. The van der Waals surface area contributed by atoms with Crippen LogP contribution in [0.3, 0.4) is 0 Å². The molecule has 1 aromatic rings. The summed E-state index contributed by atoms with van der Waals surface area (Å²) < 4.78 is 5.14. The lowest BCUT2D eigenvalue weighted by atomic mass is 10.1. The summed E-state index contributed by atoms with van der Waals surface area (Å²) in [6.45, 7) is 0.374. The van der Waals surface area contributed by atoms with Crippen molar-refractivity contribution in [2.45, 2.75) is 5.66 Å². The molecule has 1 aliphatic heterocycles. The van der Waals surface area contributed by atoms with E-state index in [1.807, 2.05) is 0 Å². The van der Waals surface area contributed by atoms with Crippen LogP contribution in [0.15, 0.2) is 30.3 Å². The van der Waals surface area contributed by atoms with Gasteiger partial charge in [0.2, 0.25) is 0 Å². The predicted octanol–water partition coefficient (Wildman–Crippen LogP) is -0.00170. The van der Waals surface area contributed by atoms with Crippen LogP contribution < -0.4 is 5.32 Å². The van der Waals surface area contributed by atoms with E-state index in [9.17, 15) is 25.0 Å². The average Bonchev–Trinajstić information content (AvgIpc) is 2.59. The third-order valence-electron chi connectivity index (χ3n) is 3.83. The Morgan fingerprint density at radius 3 is 2.29 bits per heavy atom. The molecule has 2 rings (SSSR count). The zero-order chi connectivity index (χ0) is 17.6. The first-order chi connectivity index (χ1) is 11.5. The molecule has 1 aliphatic rings. The Morgan fingerprint density at radius 2 is 1.75 bits per heavy atom. The summed E-state index contributed by atoms with van der Waals surface area (Å²) in [5, 5.41) is 25.2. The summed E-state index contributed by atoms with van der Waals surface area (Å²) in [7, 11) is 0. The maximum atomic E-state index is 12.0. The SMILES string of the molecule is O=C(NCC(CN1CCOCC1)([N+](=O)[O-])[N+](=O)[O-])c1ccccc1. The predicted molar refractivity (Wildman–Crippen MR) is 82.8 cm³/mol. The van der Waals surface area contributed by atoms with E-state index in [-0.39, 0.29) is 5.56 Å². The van der Waals surface area contributed by atoms with Crippen molar-refractivity contribution in [3.05, 3.63) is 56.1 Å². The molecule has 10 heteroatoms. The summed E-state index contributed by atoms with van der Waals surface area (Å²) in [4.78, 5) is 34.6. The number of hydrogen-bond acceptors (Lipinski definition) is 7. The monoisotopic (exact) mass is 338 g/mol. The molecule has 0 aliphatic carbocycles. The topological polar surface area (TPSA) is 128 Å². The van der Waals surface area contributed by atoms with Crippen LogP contribution in [0.5, 0.6) is 0 Å². The van der Waals surface area contributed by atoms with Crippen LogP contribution >= 0.6 is 0 Å². The maximum Gasteiger partial charge on any atom is 0.487 e. The molecule has 1 amide bonds. The van der Waals surface area contributed by atoms with Crippen molar-refractivity contribution in [3.63, 3.8) is 0 Å². The highest BCUT2D eigenvalue weighted by atomic mass is 16.7. The number of morpholine rings is 1. The zero-order valence-corrected chi connectivity index (χ0v) is 12.9. The number of nitro groups is 2. The van der Waals surface area contributed by atoms with Gasteiger partial charge in [0.05, 0.1) is 13.2 Å². The highest BCUT2D eigenvalue weighted by Gasteiger charge is 2.57. The largest absolute Gasteiger partial charge is 0.487 e. The van der Waals surface area contributed by atoms with Crippen LogP contribution in [0.4, 0.5) is 0 Å². The Labute approximate surface area is 137 Å². The smallest absolute Gasteiger partial charge is 0.379 e. The number of ether oxygens (including phenoxy) is 1. The lowest BCUT2D eigenvalue weighted by Gasteiger charge is -2.29. The highest BCUT2D eigenvalue weighted by molar-refractivity contribution is 5.94. The number of benzene rings is 1. The van der Waals surface area contributed by atoms with Crippen molar-refractivity contribution >= 4 is 5.91 Å². The molecule has 24 heavy (non-hydrogen) atoms. The lowest BCUT2D eigenvalue weighted by molar-refractivity contribution is -0.793. The molecule has 0 aromatic heterocycles. The second-order valence-corrected chi connectivity index (χ2v) is 5.43. The average molecular weight is 338 g/mol. The standard InChI is InChI=1S/C14H18N4O6/c19-13(12-4-2-1-3-5-12)15-10-14(17(20)21,18(22)23)11-16-6-8-24-9-7-16/h1-5H,6-11H2,(H,15,19). The summed E-state index contributed by atoms with van der Waals surface area (Å²) in [6.07, 6.45) is 0. The highest BCUT2D eigenvalue weighted by Crippen LogP contribution is 2.14. The second-order valence-electron chi connectivity index (χ2n) is 5.43. The number of nitrogens with one attached hydrogen (secondary N) is 1. The first-order valence-electron chi connectivity index (χ1n) is 7.38. The number of amides is 1. The van der Waals surface area contributed by atoms with Gasteiger partial charge >= 0.3 is 5.66 Å². The van der Waals surface area contributed by atoms with Crippen LogP contribution in [-0.4, -0.2) is 65.7 Å². The second kappa shape index (κ2) is 7.79. The molecule has 0 saturated carbocycles. The third-order valence-corrected chi connectivity index (χ3v) is 3.83. The molecule has 0 radical (unpaired) electrons. The lowest BCUT2D eigenvalue weighted by Crippen LogP contribution is -2.61. The Hall–Kier alpha value is -2.59. The zero-order valence-electron chi connectivity index (χ0n) is 12.9. The number of nitrogens with zero attached hydrogens (tertiary/aromatic N) is 3. The molecule has 0 spiro atoms. The van der Waals surface area contributed by atoms with E-state index in [2.05, 4.69) is 5.32 Å². The van der Waals surface area contributed by atoms with Gasteiger partial charge < -0.3 is 10.1 Å². The van der Waals surface area contributed by atoms with E-state index in [1.54, 1.807) is 23.1 Å².